The van der Waals surface area contributed by atoms with Gasteiger partial charge in [-0.2, -0.15) is 0 Å². The van der Waals surface area contributed by atoms with Crippen molar-refractivity contribution >= 4 is 33.9 Å². The molecule has 2 aromatic rings. The normalized spacial score (nSPS) is 12.6. The lowest BCUT2D eigenvalue weighted by Gasteiger charge is -2.08. The molecule has 0 aliphatic heterocycles. The molecule has 2 aromatic carbocycles. The van der Waals surface area contributed by atoms with Gasteiger partial charge in [0, 0.05) is 0 Å². The van der Waals surface area contributed by atoms with Crippen molar-refractivity contribution in [2.45, 2.75) is 13.8 Å². The van der Waals surface area contributed by atoms with Crippen LogP contribution in [-0.4, -0.2) is 25.2 Å². The molecule has 0 saturated carbocycles. The molecule has 0 bridgehead atoms. The second-order valence-corrected chi connectivity index (χ2v) is 4.90. The van der Waals surface area contributed by atoms with E-state index in [9.17, 15) is 9.59 Å². The van der Waals surface area contributed by atoms with Gasteiger partial charge in [-0.25, -0.2) is 9.59 Å². The summed E-state index contributed by atoms with van der Waals surface area (Å²) in [7, 11) is 0. The highest BCUT2D eigenvalue weighted by molar-refractivity contribution is 6.43. The lowest BCUT2D eigenvalue weighted by atomic mass is 10.0. The van der Waals surface area contributed by atoms with Crippen LogP contribution in [0.4, 0.5) is 0 Å². The third-order valence-electron chi connectivity index (χ3n) is 3.65. The summed E-state index contributed by atoms with van der Waals surface area (Å²) in [4.78, 5) is 24.8. The average Bonchev–Trinajstić information content (AvgIpc) is 2.85. The van der Waals surface area contributed by atoms with Gasteiger partial charge in [0.15, 0.2) is 0 Å². The molecular weight excluding hydrogens is 280 g/mol. The van der Waals surface area contributed by atoms with E-state index in [0.717, 1.165) is 21.9 Å². The zero-order valence-electron chi connectivity index (χ0n) is 12.5. The Morgan fingerprint density at radius 1 is 0.818 bits per heavy atom. The first-order valence-electron chi connectivity index (χ1n) is 7.30. The predicted molar refractivity (Wildman–Crippen MR) is 84.0 cm³/mol. The van der Waals surface area contributed by atoms with Crippen LogP contribution in [0.15, 0.2) is 36.4 Å². The standard InChI is InChI=1S/C18H16O4/c1-3-21-17(19)15-12-9-5-7-11-8-6-10-13(14(11)12)16(15)18(20)22-4-2/h5-10H,3-4H2,1-2H3. The molecule has 0 radical (unpaired) electrons. The molecule has 4 nitrogen and oxygen atoms in total. The first kappa shape index (κ1) is 14.3. The number of carbonyl (C=O) groups is 2. The van der Waals surface area contributed by atoms with Crippen molar-refractivity contribution in [2.75, 3.05) is 13.2 Å². The third-order valence-corrected chi connectivity index (χ3v) is 3.65. The maximum Gasteiger partial charge on any atom is 0.339 e. The molecule has 4 heteroatoms. The molecule has 112 valence electrons. The highest BCUT2D eigenvalue weighted by Gasteiger charge is 2.33. The predicted octanol–water partition coefficient (Wildman–Crippen LogP) is 3.19. The fourth-order valence-electron chi connectivity index (χ4n) is 2.86. The van der Waals surface area contributed by atoms with Gasteiger partial charge in [0.2, 0.25) is 0 Å². The molecule has 0 atom stereocenters. The van der Waals surface area contributed by atoms with Crippen molar-refractivity contribution in [2.24, 2.45) is 0 Å². The van der Waals surface area contributed by atoms with Gasteiger partial charge in [-0.3, -0.25) is 0 Å². The van der Waals surface area contributed by atoms with Gasteiger partial charge >= 0.3 is 11.9 Å². The summed E-state index contributed by atoms with van der Waals surface area (Å²) in [6.45, 7) is 3.99. The van der Waals surface area contributed by atoms with Crippen molar-refractivity contribution in [3.8, 4) is 0 Å². The minimum absolute atomic E-state index is 0.255. The molecule has 0 aromatic heterocycles. The van der Waals surface area contributed by atoms with Crippen LogP contribution >= 0.6 is 0 Å². The second-order valence-electron chi connectivity index (χ2n) is 4.90. The number of benzene rings is 2. The fourth-order valence-corrected chi connectivity index (χ4v) is 2.86. The monoisotopic (exact) mass is 296 g/mol. The van der Waals surface area contributed by atoms with Crippen LogP contribution in [0.1, 0.15) is 25.0 Å². The van der Waals surface area contributed by atoms with E-state index in [1.54, 1.807) is 13.8 Å². The Morgan fingerprint density at radius 3 is 1.68 bits per heavy atom. The first-order valence-corrected chi connectivity index (χ1v) is 7.30. The van der Waals surface area contributed by atoms with Gasteiger partial charge in [-0.05, 0) is 35.7 Å². The largest absolute Gasteiger partial charge is 0.462 e. The zero-order valence-corrected chi connectivity index (χ0v) is 12.5. The summed E-state index contributed by atoms with van der Waals surface area (Å²) in [5.41, 5.74) is 2.06. The van der Waals surface area contributed by atoms with E-state index in [1.165, 1.54) is 0 Å². The molecule has 0 N–H and O–H groups in total. The van der Waals surface area contributed by atoms with Crippen LogP contribution in [0, 0.1) is 0 Å². The maximum absolute atomic E-state index is 12.4. The second kappa shape index (κ2) is 5.64. The van der Waals surface area contributed by atoms with E-state index in [0.29, 0.717) is 11.1 Å². The van der Waals surface area contributed by atoms with E-state index < -0.39 is 11.9 Å². The Kier molecular flexibility index (Phi) is 3.67. The molecule has 1 aliphatic carbocycles. The van der Waals surface area contributed by atoms with Gasteiger partial charge in [-0.15, -0.1) is 0 Å². The smallest absolute Gasteiger partial charge is 0.339 e. The minimum Gasteiger partial charge on any atom is -0.462 e. The highest BCUT2D eigenvalue weighted by Crippen LogP contribution is 2.43. The molecule has 3 rings (SSSR count). The van der Waals surface area contributed by atoms with Gasteiger partial charge in [-0.1, -0.05) is 36.4 Å². The van der Waals surface area contributed by atoms with Crippen LogP contribution in [0.5, 0.6) is 0 Å². The first-order chi connectivity index (χ1) is 10.7. The van der Waals surface area contributed by atoms with E-state index in [4.69, 9.17) is 9.47 Å². The van der Waals surface area contributed by atoms with Gasteiger partial charge in [0.25, 0.3) is 0 Å². The molecule has 0 saturated heterocycles. The number of carbonyl (C=O) groups excluding carboxylic acids is 2. The Labute approximate surface area is 128 Å². The number of esters is 2. The van der Waals surface area contributed by atoms with Crippen LogP contribution in [0.3, 0.4) is 0 Å². The Balaban J connectivity index is 2.28. The summed E-state index contributed by atoms with van der Waals surface area (Å²) in [6.07, 6.45) is 0. The zero-order chi connectivity index (χ0) is 15.7. The molecule has 0 amide bonds. The van der Waals surface area contributed by atoms with E-state index in [1.807, 2.05) is 36.4 Å². The quantitative estimate of drug-likeness (QED) is 0.813. The van der Waals surface area contributed by atoms with Crippen LogP contribution in [-0.2, 0) is 19.1 Å². The van der Waals surface area contributed by atoms with Crippen molar-refractivity contribution in [1.82, 2.24) is 0 Å². The Bertz CT molecular complexity index is 739. The van der Waals surface area contributed by atoms with Crippen molar-refractivity contribution in [3.05, 3.63) is 47.5 Å². The lowest BCUT2D eigenvalue weighted by molar-refractivity contribution is -0.138. The number of hydrogen-bond acceptors (Lipinski definition) is 4. The summed E-state index contributed by atoms with van der Waals surface area (Å²) in [6, 6.07) is 11.3. The Hall–Kier alpha value is -2.62. The maximum atomic E-state index is 12.4. The molecule has 22 heavy (non-hydrogen) atoms. The average molecular weight is 296 g/mol. The van der Waals surface area contributed by atoms with E-state index in [2.05, 4.69) is 0 Å². The van der Waals surface area contributed by atoms with E-state index in [-0.39, 0.29) is 13.2 Å². The third kappa shape index (κ3) is 2.08. The van der Waals surface area contributed by atoms with Crippen LogP contribution in [0.25, 0.3) is 21.9 Å². The molecule has 0 spiro atoms. The van der Waals surface area contributed by atoms with Crippen molar-refractivity contribution in [3.63, 3.8) is 0 Å². The molecule has 0 unspecified atom stereocenters. The minimum atomic E-state index is -0.491. The lowest BCUT2D eigenvalue weighted by Crippen LogP contribution is -2.12. The summed E-state index contributed by atoms with van der Waals surface area (Å²) in [5, 5.41) is 1.88. The number of hydrogen-bond donors (Lipinski definition) is 0. The summed E-state index contributed by atoms with van der Waals surface area (Å²) in [5.74, 6) is -0.983. The fraction of sp³-hybridized carbons (Fsp3) is 0.222. The summed E-state index contributed by atoms with van der Waals surface area (Å²) < 4.78 is 10.3. The molecule has 0 fully saturated rings. The molecule has 1 aliphatic rings. The van der Waals surface area contributed by atoms with Crippen LogP contribution < -0.4 is 0 Å². The van der Waals surface area contributed by atoms with Gasteiger partial charge in [0.1, 0.15) is 0 Å². The Morgan fingerprint density at radius 2 is 1.27 bits per heavy atom. The SMILES string of the molecule is CCOC(=O)C1=C(C(=O)OCC)c2cccc3cccc1c23. The number of ether oxygens (including phenoxy) is 2. The molecule has 0 heterocycles. The molecular formula is C18H16O4. The van der Waals surface area contributed by atoms with E-state index >= 15 is 0 Å². The number of rotatable bonds is 4. The topological polar surface area (TPSA) is 52.6 Å². The van der Waals surface area contributed by atoms with Crippen LogP contribution in [0.2, 0.25) is 0 Å². The van der Waals surface area contributed by atoms with Gasteiger partial charge in [0.05, 0.1) is 24.4 Å². The summed E-state index contributed by atoms with van der Waals surface area (Å²) >= 11 is 0. The highest BCUT2D eigenvalue weighted by atomic mass is 16.5. The van der Waals surface area contributed by atoms with Crippen molar-refractivity contribution in [1.29, 1.82) is 0 Å². The van der Waals surface area contributed by atoms with Gasteiger partial charge < -0.3 is 9.47 Å². The van der Waals surface area contributed by atoms with Crippen molar-refractivity contribution < 1.29 is 19.1 Å².